The van der Waals surface area contributed by atoms with Crippen molar-refractivity contribution in [1.82, 2.24) is 0 Å². The molecule has 0 spiro atoms. The molecule has 3 heteroatoms. The average Bonchev–Trinajstić information content (AvgIpc) is 2.27. The van der Waals surface area contributed by atoms with Gasteiger partial charge in [-0.15, -0.1) is 0 Å². The van der Waals surface area contributed by atoms with Crippen LogP contribution in [0.1, 0.15) is 24.5 Å². The predicted molar refractivity (Wildman–Crippen MR) is 57.3 cm³/mol. The van der Waals surface area contributed by atoms with E-state index in [1.54, 1.807) is 6.92 Å². The van der Waals surface area contributed by atoms with Crippen LogP contribution in [0.15, 0.2) is 23.4 Å². The summed E-state index contributed by atoms with van der Waals surface area (Å²) in [5, 5.41) is 15.2. The molecule has 1 aliphatic heterocycles. The molecule has 1 aromatic carbocycles. The summed E-state index contributed by atoms with van der Waals surface area (Å²) in [6.07, 6.45) is 2.28. The molecular formula is C11H14N2O. The van der Waals surface area contributed by atoms with E-state index in [0.717, 1.165) is 18.5 Å². The van der Waals surface area contributed by atoms with E-state index in [-0.39, 0.29) is 0 Å². The first kappa shape index (κ1) is 9.06. The predicted octanol–water partition coefficient (Wildman–Crippen LogP) is 2.24. The zero-order valence-electron chi connectivity index (χ0n) is 8.25. The van der Waals surface area contributed by atoms with Crippen molar-refractivity contribution in [3.05, 3.63) is 29.3 Å². The van der Waals surface area contributed by atoms with Gasteiger partial charge in [0.2, 0.25) is 0 Å². The summed E-state index contributed by atoms with van der Waals surface area (Å²) >= 11 is 0. The molecule has 0 unspecified atom stereocenters. The van der Waals surface area contributed by atoms with E-state index in [1.165, 1.54) is 17.7 Å². The maximum absolute atomic E-state index is 8.66. The van der Waals surface area contributed by atoms with Gasteiger partial charge in [-0.1, -0.05) is 11.2 Å². The first-order valence-electron chi connectivity index (χ1n) is 4.87. The molecule has 0 aromatic heterocycles. The molecular weight excluding hydrogens is 176 g/mol. The van der Waals surface area contributed by atoms with Crippen LogP contribution in [0.3, 0.4) is 0 Å². The topological polar surface area (TPSA) is 44.6 Å². The van der Waals surface area contributed by atoms with Crippen molar-refractivity contribution in [2.75, 3.05) is 11.9 Å². The fourth-order valence-electron chi connectivity index (χ4n) is 1.76. The molecule has 74 valence electrons. The van der Waals surface area contributed by atoms with Gasteiger partial charge in [0, 0.05) is 12.2 Å². The molecule has 2 N–H and O–H groups in total. The largest absolute Gasteiger partial charge is 0.411 e. The minimum atomic E-state index is 0.665. The molecule has 0 saturated carbocycles. The summed E-state index contributed by atoms with van der Waals surface area (Å²) in [6, 6.07) is 6.13. The molecule has 1 heterocycles. The summed E-state index contributed by atoms with van der Waals surface area (Å²) in [5.41, 5.74) is 4.19. The third-order valence-corrected chi connectivity index (χ3v) is 2.61. The van der Waals surface area contributed by atoms with Gasteiger partial charge in [0.25, 0.3) is 0 Å². The summed E-state index contributed by atoms with van der Waals surface area (Å²) in [4.78, 5) is 0. The number of nitrogens with zero attached hydrogens (tertiary/aromatic N) is 1. The zero-order valence-corrected chi connectivity index (χ0v) is 8.25. The zero-order chi connectivity index (χ0) is 9.97. The van der Waals surface area contributed by atoms with E-state index in [2.05, 4.69) is 22.6 Å². The van der Waals surface area contributed by atoms with Crippen molar-refractivity contribution in [2.24, 2.45) is 5.16 Å². The summed E-state index contributed by atoms with van der Waals surface area (Å²) in [5.74, 6) is 0. The third-order valence-electron chi connectivity index (χ3n) is 2.61. The fourth-order valence-corrected chi connectivity index (χ4v) is 1.76. The van der Waals surface area contributed by atoms with Gasteiger partial charge >= 0.3 is 0 Å². The van der Waals surface area contributed by atoms with Crippen molar-refractivity contribution in [2.45, 2.75) is 19.8 Å². The molecule has 0 saturated heterocycles. The molecule has 3 nitrogen and oxygen atoms in total. The van der Waals surface area contributed by atoms with Gasteiger partial charge in [0.15, 0.2) is 0 Å². The van der Waals surface area contributed by atoms with Crippen molar-refractivity contribution >= 4 is 11.4 Å². The number of oxime groups is 1. The first-order chi connectivity index (χ1) is 6.81. The number of benzene rings is 1. The molecule has 0 radical (unpaired) electrons. The molecule has 0 aliphatic carbocycles. The van der Waals surface area contributed by atoms with Gasteiger partial charge in [-0.25, -0.2) is 0 Å². The number of nitrogens with one attached hydrogen (secondary N) is 1. The number of rotatable bonds is 1. The van der Waals surface area contributed by atoms with Crippen LogP contribution in [0.5, 0.6) is 0 Å². The second-order valence-electron chi connectivity index (χ2n) is 3.59. The Morgan fingerprint density at radius 3 is 3.14 bits per heavy atom. The molecule has 0 bridgehead atoms. The molecule has 2 rings (SSSR count). The van der Waals surface area contributed by atoms with Gasteiger partial charge in [-0.3, -0.25) is 0 Å². The summed E-state index contributed by atoms with van der Waals surface area (Å²) in [6.45, 7) is 2.86. The van der Waals surface area contributed by atoms with E-state index in [0.29, 0.717) is 5.71 Å². The van der Waals surface area contributed by atoms with Crippen molar-refractivity contribution < 1.29 is 5.21 Å². The third kappa shape index (κ3) is 1.58. The molecule has 0 fully saturated rings. The second kappa shape index (κ2) is 3.70. The van der Waals surface area contributed by atoms with Gasteiger partial charge in [0.05, 0.1) is 5.71 Å². The van der Waals surface area contributed by atoms with Crippen molar-refractivity contribution in [3.63, 3.8) is 0 Å². The van der Waals surface area contributed by atoms with E-state index < -0.39 is 0 Å². The lowest BCUT2D eigenvalue weighted by Crippen LogP contribution is -2.12. The Kier molecular flexibility index (Phi) is 2.39. The van der Waals surface area contributed by atoms with E-state index in [4.69, 9.17) is 5.21 Å². The number of hydrogen-bond acceptors (Lipinski definition) is 3. The van der Waals surface area contributed by atoms with Crippen molar-refractivity contribution in [3.8, 4) is 0 Å². The lowest BCUT2D eigenvalue weighted by atomic mass is 9.99. The highest BCUT2D eigenvalue weighted by Gasteiger charge is 2.09. The number of fused-ring (bicyclic) bond motifs is 1. The van der Waals surface area contributed by atoms with Crippen LogP contribution < -0.4 is 5.32 Å². The number of anilines is 1. The molecule has 1 aliphatic rings. The molecule has 0 amide bonds. The lowest BCUT2D eigenvalue weighted by molar-refractivity contribution is 0.319. The molecule has 1 aromatic rings. The Balaban J connectivity index is 2.38. The van der Waals surface area contributed by atoms with Crippen LogP contribution >= 0.6 is 0 Å². The number of aryl methyl sites for hydroxylation is 1. The maximum Gasteiger partial charge on any atom is 0.0837 e. The molecule has 0 atom stereocenters. The van der Waals surface area contributed by atoms with E-state index in [1.807, 2.05) is 6.07 Å². The fraction of sp³-hybridized carbons (Fsp3) is 0.364. The SMILES string of the molecule is C/C(=N\O)c1ccc2c(c1)CCCN2. The van der Waals surface area contributed by atoms with Gasteiger partial charge in [0.1, 0.15) is 0 Å². The van der Waals surface area contributed by atoms with Crippen LogP contribution in [0.25, 0.3) is 0 Å². The van der Waals surface area contributed by atoms with Crippen LogP contribution in [0.4, 0.5) is 5.69 Å². The maximum atomic E-state index is 8.66. The first-order valence-corrected chi connectivity index (χ1v) is 4.87. The van der Waals surface area contributed by atoms with Gasteiger partial charge in [-0.2, -0.15) is 0 Å². The van der Waals surface area contributed by atoms with Crippen molar-refractivity contribution in [1.29, 1.82) is 0 Å². The van der Waals surface area contributed by atoms with Crippen LogP contribution in [-0.4, -0.2) is 17.5 Å². The smallest absolute Gasteiger partial charge is 0.0837 e. The van der Waals surface area contributed by atoms with E-state index in [9.17, 15) is 0 Å². The van der Waals surface area contributed by atoms with E-state index >= 15 is 0 Å². The second-order valence-corrected chi connectivity index (χ2v) is 3.59. The molecule has 14 heavy (non-hydrogen) atoms. The van der Waals surface area contributed by atoms with Gasteiger partial charge < -0.3 is 10.5 Å². The Morgan fingerprint density at radius 2 is 2.36 bits per heavy atom. The standard InChI is InChI=1S/C11H14N2O/c1-8(13-14)9-4-5-11-10(7-9)3-2-6-12-11/h4-5,7,12,14H,2-3,6H2,1H3/b13-8+. The Bertz CT molecular complexity index is 372. The minimum Gasteiger partial charge on any atom is -0.411 e. The lowest BCUT2D eigenvalue weighted by Gasteiger charge is -2.18. The van der Waals surface area contributed by atoms with Crippen LogP contribution in [-0.2, 0) is 6.42 Å². The quantitative estimate of drug-likeness (QED) is 0.405. The highest BCUT2D eigenvalue weighted by molar-refractivity contribution is 5.98. The Labute approximate surface area is 83.4 Å². The highest BCUT2D eigenvalue weighted by atomic mass is 16.4. The summed E-state index contributed by atoms with van der Waals surface area (Å²) < 4.78 is 0. The van der Waals surface area contributed by atoms with Crippen LogP contribution in [0.2, 0.25) is 0 Å². The van der Waals surface area contributed by atoms with Gasteiger partial charge in [-0.05, 0) is 43.0 Å². The summed E-state index contributed by atoms with van der Waals surface area (Å²) in [7, 11) is 0. The minimum absolute atomic E-state index is 0.665. The normalized spacial score (nSPS) is 15.9. The number of hydrogen-bond donors (Lipinski definition) is 2. The average molecular weight is 190 g/mol. The van der Waals surface area contributed by atoms with Crippen LogP contribution in [0, 0.1) is 0 Å². The monoisotopic (exact) mass is 190 g/mol. The Hall–Kier alpha value is -1.51. The highest BCUT2D eigenvalue weighted by Crippen LogP contribution is 2.23. The Morgan fingerprint density at radius 1 is 1.50 bits per heavy atom.